The van der Waals surface area contributed by atoms with Gasteiger partial charge >= 0.3 is 0 Å². The number of benzene rings is 1. The van der Waals surface area contributed by atoms with E-state index < -0.39 is 0 Å². The monoisotopic (exact) mass is 289 g/mol. The van der Waals surface area contributed by atoms with Gasteiger partial charge in [0.15, 0.2) is 0 Å². The Morgan fingerprint density at radius 3 is 2.71 bits per heavy atom. The van der Waals surface area contributed by atoms with Crippen LogP contribution in [0.4, 0.5) is 4.39 Å². The molecule has 1 heterocycles. The van der Waals surface area contributed by atoms with E-state index in [0.717, 1.165) is 42.9 Å². The van der Waals surface area contributed by atoms with Crippen molar-refractivity contribution in [3.8, 4) is 0 Å². The van der Waals surface area contributed by atoms with E-state index in [-0.39, 0.29) is 11.7 Å². The summed E-state index contributed by atoms with van der Waals surface area (Å²) in [5.74, 6) is -0.00719. The highest BCUT2D eigenvalue weighted by atomic mass is 19.1. The fourth-order valence-corrected chi connectivity index (χ4v) is 2.66. The van der Waals surface area contributed by atoms with Crippen molar-refractivity contribution in [2.75, 3.05) is 13.1 Å². The SMILES string of the molecule is CCCNCC(Cc1cc(C)nn1C)c1ccccc1F. The second-order valence-electron chi connectivity index (χ2n) is 5.53. The fourth-order valence-electron chi connectivity index (χ4n) is 2.66. The molecule has 1 unspecified atom stereocenters. The predicted octanol–water partition coefficient (Wildman–Crippen LogP) is 3.19. The Balaban J connectivity index is 2.19. The van der Waals surface area contributed by atoms with Gasteiger partial charge in [0.25, 0.3) is 0 Å². The molecule has 0 bridgehead atoms. The van der Waals surface area contributed by atoms with Crippen LogP contribution in [0.2, 0.25) is 0 Å². The Labute approximate surface area is 126 Å². The molecule has 114 valence electrons. The molecule has 0 radical (unpaired) electrons. The molecule has 0 aliphatic rings. The Hall–Kier alpha value is -1.68. The molecule has 0 spiro atoms. The van der Waals surface area contributed by atoms with Gasteiger partial charge in [-0.05, 0) is 44.0 Å². The molecule has 1 aromatic carbocycles. The largest absolute Gasteiger partial charge is 0.316 e. The van der Waals surface area contributed by atoms with Gasteiger partial charge in [-0.1, -0.05) is 25.1 Å². The van der Waals surface area contributed by atoms with Crippen molar-refractivity contribution in [2.45, 2.75) is 32.6 Å². The molecule has 1 atom stereocenters. The average molecular weight is 289 g/mol. The van der Waals surface area contributed by atoms with Crippen LogP contribution >= 0.6 is 0 Å². The van der Waals surface area contributed by atoms with Crippen LogP contribution in [0, 0.1) is 12.7 Å². The van der Waals surface area contributed by atoms with Crippen molar-refractivity contribution in [1.29, 1.82) is 0 Å². The zero-order chi connectivity index (χ0) is 15.2. The highest BCUT2D eigenvalue weighted by Crippen LogP contribution is 2.23. The summed E-state index contributed by atoms with van der Waals surface area (Å²) in [6, 6.07) is 9.14. The molecule has 2 aromatic rings. The van der Waals surface area contributed by atoms with Crippen LogP contribution in [0.25, 0.3) is 0 Å². The summed E-state index contributed by atoms with van der Waals surface area (Å²) in [4.78, 5) is 0. The first kappa shape index (κ1) is 15.7. The third-order valence-corrected chi connectivity index (χ3v) is 3.72. The van der Waals surface area contributed by atoms with Crippen LogP contribution in [-0.2, 0) is 13.5 Å². The number of hydrogen-bond donors (Lipinski definition) is 1. The number of hydrogen-bond acceptors (Lipinski definition) is 2. The van der Waals surface area contributed by atoms with Gasteiger partial charge in [-0.2, -0.15) is 5.10 Å². The molecule has 2 rings (SSSR count). The molecule has 0 aliphatic heterocycles. The van der Waals surface area contributed by atoms with Crippen molar-refractivity contribution in [2.24, 2.45) is 7.05 Å². The van der Waals surface area contributed by atoms with Gasteiger partial charge in [0.2, 0.25) is 0 Å². The van der Waals surface area contributed by atoms with Crippen LogP contribution in [0.5, 0.6) is 0 Å². The minimum Gasteiger partial charge on any atom is -0.316 e. The number of nitrogens with zero attached hydrogens (tertiary/aromatic N) is 2. The summed E-state index contributed by atoms with van der Waals surface area (Å²) in [5.41, 5.74) is 2.92. The summed E-state index contributed by atoms with van der Waals surface area (Å²) in [7, 11) is 1.94. The quantitative estimate of drug-likeness (QED) is 0.793. The van der Waals surface area contributed by atoms with E-state index >= 15 is 0 Å². The first-order valence-corrected chi connectivity index (χ1v) is 7.56. The minimum atomic E-state index is -0.125. The zero-order valence-electron chi connectivity index (χ0n) is 13.1. The normalized spacial score (nSPS) is 12.6. The Morgan fingerprint density at radius 1 is 1.33 bits per heavy atom. The van der Waals surface area contributed by atoms with E-state index in [1.54, 1.807) is 6.07 Å². The van der Waals surface area contributed by atoms with Gasteiger partial charge in [-0.3, -0.25) is 4.68 Å². The molecule has 1 N–H and O–H groups in total. The number of nitrogens with one attached hydrogen (secondary N) is 1. The Bertz CT molecular complexity index is 577. The van der Waals surface area contributed by atoms with E-state index in [9.17, 15) is 4.39 Å². The van der Waals surface area contributed by atoms with Gasteiger partial charge in [0, 0.05) is 25.2 Å². The molecule has 0 aliphatic carbocycles. The van der Waals surface area contributed by atoms with Gasteiger partial charge in [-0.25, -0.2) is 4.39 Å². The number of rotatable bonds is 7. The molecule has 21 heavy (non-hydrogen) atoms. The maximum atomic E-state index is 14.1. The third-order valence-electron chi connectivity index (χ3n) is 3.72. The molecule has 4 heteroatoms. The smallest absolute Gasteiger partial charge is 0.126 e. The molecule has 3 nitrogen and oxygen atoms in total. The topological polar surface area (TPSA) is 29.9 Å². The maximum Gasteiger partial charge on any atom is 0.126 e. The standard InChI is InChI=1S/C17H24FN3/c1-4-9-19-12-14(16-7-5-6-8-17(16)18)11-15-10-13(2)20-21(15)3/h5-8,10,14,19H,4,9,11-12H2,1-3H3. The lowest BCUT2D eigenvalue weighted by molar-refractivity contribution is 0.524. The molecule has 0 fully saturated rings. The van der Waals surface area contributed by atoms with E-state index in [2.05, 4.69) is 23.4 Å². The predicted molar refractivity (Wildman–Crippen MR) is 84.0 cm³/mol. The van der Waals surface area contributed by atoms with Crippen LogP contribution in [0.3, 0.4) is 0 Å². The van der Waals surface area contributed by atoms with E-state index in [1.807, 2.05) is 30.8 Å². The Morgan fingerprint density at radius 2 is 2.10 bits per heavy atom. The fraction of sp³-hybridized carbons (Fsp3) is 0.471. The summed E-state index contributed by atoms with van der Waals surface area (Å²) in [5, 5.41) is 7.79. The lowest BCUT2D eigenvalue weighted by atomic mass is 9.93. The minimum absolute atomic E-state index is 0.118. The molecular weight excluding hydrogens is 265 g/mol. The molecule has 0 saturated carbocycles. The van der Waals surface area contributed by atoms with Crippen molar-refractivity contribution < 1.29 is 4.39 Å². The van der Waals surface area contributed by atoms with E-state index in [1.165, 1.54) is 6.07 Å². The zero-order valence-corrected chi connectivity index (χ0v) is 13.1. The highest BCUT2D eigenvalue weighted by molar-refractivity contribution is 5.24. The van der Waals surface area contributed by atoms with Crippen LogP contribution in [0.15, 0.2) is 30.3 Å². The van der Waals surface area contributed by atoms with E-state index in [4.69, 9.17) is 0 Å². The van der Waals surface area contributed by atoms with Crippen LogP contribution in [-0.4, -0.2) is 22.9 Å². The number of aromatic nitrogens is 2. The summed E-state index contributed by atoms with van der Waals surface area (Å²) >= 11 is 0. The van der Waals surface area contributed by atoms with Gasteiger partial charge < -0.3 is 5.32 Å². The lowest BCUT2D eigenvalue weighted by Crippen LogP contribution is -2.25. The summed E-state index contributed by atoms with van der Waals surface area (Å²) < 4.78 is 16.0. The molecule has 1 aromatic heterocycles. The third kappa shape index (κ3) is 4.14. The van der Waals surface area contributed by atoms with Gasteiger partial charge in [-0.15, -0.1) is 0 Å². The maximum absolute atomic E-state index is 14.1. The van der Waals surface area contributed by atoms with Gasteiger partial charge in [0.1, 0.15) is 5.82 Å². The first-order chi connectivity index (χ1) is 10.1. The van der Waals surface area contributed by atoms with Crippen molar-refractivity contribution >= 4 is 0 Å². The second-order valence-corrected chi connectivity index (χ2v) is 5.53. The van der Waals surface area contributed by atoms with Crippen molar-refractivity contribution in [1.82, 2.24) is 15.1 Å². The molecular formula is C17H24FN3. The lowest BCUT2D eigenvalue weighted by Gasteiger charge is -2.19. The number of aryl methyl sites for hydroxylation is 2. The first-order valence-electron chi connectivity index (χ1n) is 7.56. The van der Waals surface area contributed by atoms with Crippen LogP contribution in [0.1, 0.15) is 36.2 Å². The Kier molecular flexibility index (Phi) is 5.51. The van der Waals surface area contributed by atoms with Crippen molar-refractivity contribution in [3.63, 3.8) is 0 Å². The average Bonchev–Trinajstić information content (AvgIpc) is 2.77. The van der Waals surface area contributed by atoms with Gasteiger partial charge in [0.05, 0.1) is 5.69 Å². The van der Waals surface area contributed by atoms with Crippen molar-refractivity contribution in [3.05, 3.63) is 53.1 Å². The second kappa shape index (κ2) is 7.36. The number of halogens is 1. The van der Waals surface area contributed by atoms with E-state index in [0.29, 0.717) is 0 Å². The summed E-state index contributed by atoms with van der Waals surface area (Å²) in [6.45, 7) is 5.85. The molecule has 0 saturated heterocycles. The summed E-state index contributed by atoms with van der Waals surface area (Å²) in [6.07, 6.45) is 1.86. The molecule has 0 amide bonds. The van der Waals surface area contributed by atoms with Crippen LogP contribution < -0.4 is 5.32 Å². The highest BCUT2D eigenvalue weighted by Gasteiger charge is 2.17.